The molecule has 1 aromatic heterocycles. The van der Waals surface area contributed by atoms with Crippen molar-refractivity contribution in [2.24, 2.45) is 0 Å². The molecule has 138 valence electrons. The average molecular weight is 425 g/mol. The van der Waals surface area contributed by atoms with E-state index in [1.807, 2.05) is 66.7 Å². The topological polar surface area (TPSA) is 42.4 Å². The highest BCUT2D eigenvalue weighted by Crippen LogP contribution is 2.23. The first-order valence-corrected chi connectivity index (χ1v) is 9.54. The zero-order valence-corrected chi connectivity index (χ0v) is 16.7. The molecule has 0 saturated carbocycles. The van der Waals surface area contributed by atoms with E-state index in [0.717, 1.165) is 27.2 Å². The Bertz CT molecular complexity index is 882. The van der Waals surface area contributed by atoms with E-state index in [2.05, 4.69) is 20.9 Å². The highest BCUT2D eigenvalue weighted by atomic mass is 79.9. The predicted molar refractivity (Wildman–Crippen MR) is 111 cm³/mol. The number of hydrogen-bond acceptors (Lipinski definition) is 3. The lowest BCUT2D eigenvalue weighted by Gasteiger charge is -2.23. The lowest BCUT2D eigenvalue weighted by molar-refractivity contribution is -0.118. The number of pyridine rings is 1. The second-order valence-electron chi connectivity index (χ2n) is 6.09. The number of anilines is 1. The van der Waals surface area contributed by atoms with Crippen LogP contribution >= 0.6 is 15.9 Å². The van der Waals surface area contributed by atoms with Crippen LogP contribution in [0.25, 0.3) is 0 Å². The number of halogens is 1. The van der Waals surface area contributed by atoms with E-state index >= 15 is 0 Å². The maximum absolute atomic E-state index is 13.1. The minimum Gasteiger partial charge on any atom is -0.496 e. The minimum atomic E-state index is 0.0499. The fourth-order valence-electron chi connectivity index (χ4n) is 2.88. The first kappa shape index (κ1) is 19.1. The summed E-state index contributed by atoms with van der Waals surface area (Å²) in [7, 11) is 1.65. The number of amides is 1. The summed E-state index contributed by atoms with van der Waals surface area (Å²) in [5, 5.41) is 0. The highest BCUT2D eigenvalue weighted by Gasteiger charge is 2.17. The Kier molecular flexibility index (Phi) is 6.60. The molecule has 0 aliphatic heterocycles. The Balaban J connectivity index is 1.78. The molecule has 0 radical (unpaired) electrons. The molecule has 1 heterocycles. The van der Waals surface area contributed by atoms with Gasteiger partial charge in [0, 0.05) is 22.8 Å². The Hall–Kier alpha value is -2.66. The van der Waals surface area contributed by atoms with E-state index in [1.165, 1.54) is 0 Å². The van der Waals surface area contributed by atoms with Crippen molar-refractivity contribution >= 4 is 27.5 Å². The summed E-state index contributed by atoms with van der Waals surface area (Å²) in [6, 6.07) is 21.3. The Morgan fingerprint density at radius 3 is 2.48 bits per heavy atom. The number of carbonyl (C=O) groups is 1. The Morgan fingerprint density at radius 1 is 1.04 bits per heavy atom. The quantitative estimate of drug-likeness (QED) is 0.534. The summed E-state index contributed by atoms with van der Waals surface area (Å²) in [5.74, 6) is 0.860. The number of para-hydroxylation sites is 1. The van der Waals surface area contributed by atoms with Crippen molar-refractivity contribution < 1.29 is 9.53 Å². The summed E-state index contributed by atoms with van der Waals surface area (Å²) in [4.78, 5) is 19.2. The van der Waals surface area contributed by atoms with Crippen molar-refractivity contribution in [1.82, 2.24) is 4.98 Å². The van der Waals surface area contributed by atoms with Gasteiger partial charge in [-0.15, -0.1) is 0 Å². The molecule has 0 spiro atoms. The van der Waals surface area contributed by atoms with Crippen molar-refractivity contribution in [2.45, 2.75) is 19.4 Å². The number of aromatic nitrogens is 1. The molecule has 2 aromatic carbocycles. The maximum atomic E-state index is 13.1. The van der Waals surface area contributed by atoms with Gasteiger partial charge in [0.15, 0.2) is 0 Å². The molecule has 0 N–H and O–H groups in total. The van der Waals surface area contributed by atoms with Crippen molar-refractivity contribution in [2.75, 3.05) is 12.0 Å². The molecule has 4 nitrogen and oxygen atoms in total. The number of methoxy groups -OCH3 is 1. The number of nitrogens with zero attached hydrogens (tertiary/aromatic N) is 2. The number of benzene rings is 2. The van der Waals surface area contributed by atoms with Crippen LogP contribution < -0.4 is 9.64 Å². The molecule has 0 aliphatic carbocycles. The van der Waals surface area contributed by atoms with Crippen LogP contribution in [0.15, 0.2) is 77.4 Å². The van der Waals surface area contributed by atoms with E-state index in [-0.39, 0.29) is 5.91 Å². The minimum absolute atomic E-state index is 0.0499. The van der Waals surface area contributed by atoms with Gasteiger partial charge in [-0.25, -0.2) is 0 Å². The number of rotatable bonds is 7. The number of ether oxygens (including phenoxy) is 1. The third kappa shape index (κ3) is 5.17. The molecule has 1 amide bonds. The van der Waals surface area contributed by atoms with Crippen molar-refractivity contribution in [3.8, 4) is 5.75 Å². The molecule has 0 saturated heterocycles. The van der Waals surface area contributed by atoms with Gasteiger partial charge in [0.05, 0.1) is 19.3 Å². The van der Waals surface area contributed by atoms with Crippen LogP contribution in [0.3, 0.4) is 0 Å². The van der Waals surface area contributed by atoms with Gasteiger partial charge < -0.3 is 9.64 Å². The smallest absolute Gasteiger partial charge is 0.227 e. The van der Waals surface area contributed by atoms with E-state index < -0.39 is 0 Å². The number of hydrogen-bond donors (Lipinski definition) is 0. The van der Waals surface area contributed by atoms with E-state index in [0.29, 0.717) is 19.4 Å². The predicted octanol–water partition coefficient (Wildman–Crippen LogP) is 5.02. The van der Waals surface area contributed by atoms with Gasteiger partial charge in [-0.3, -0.25) is 9.78 Å². The van der Waals surface area contributed by atoms with Gasteiger partial charge in [-0.2, -0.15) is 0 Å². The lowest BCUT2D eigenvalue weighted by atomic mass is 10.1. The van der Waals surface area contributed by atoms with Crippen LogP contribution in [0.4, 0.5) is 5.69 Å². The SMILES string of the molecule is COc1ccccc1CCC(=O)N(Cc1ccccn1)c1ccc(Br)cc1. The van der Waals surface area contributed by atoms with E-state index in [4.69, 9.17) is 4.74 Å². The first-order valence-electron chi connectivity index (χ1n) is 8.75. The van der Waals surface area contributed by atoms with Crippen LogP contribution in [-0.2, 0) is 17.8 Å². The molecule has 0 bridgehead atoms. The van der Waals surface area contributed by atoms with Gasteiger partial charge in [0.1, 0.15) is 5.75 Å². The third-order valence-corrected chi connectivity index (χ3v) is 4.82. The van der Waals surface area contributed by atoms with Gasteiger partial charge in [-0.05, 0) is 54.4 Å². The number of carbonyl (C=O) groups excluding carboxylic acids is 1. The molecule has 0 unspecified atom stereocenters. The summed E-state index contributed by atoms with van der Waals surface area (Å²) in [6.07, 6.45) is 2.76. The summed E-state index contributed by atoms with van der Waals surface area (Å²) >= 11 is 3.45. The fraction of sp³-hybridized carbons (Fsp3) is 0.182. The van der Waals surface area contributed by atoms with Crippen molar-refractivity contribution in [3.05, 3.63) is 88.7 Å². The summed E-state index contributed by atoms with van der Waals surface area (Å²) < 4.78 is 6.37. The third-order valence-electron chi connectivity index (χ3n) is 4.29. The Labute approximate surface area is 167 Å². The molecule has 3 rings (SSSR count). The molecule has 0 fully saturated rings. The van der Waals surface area contributed by atoms with E-state index in [9.17, 15) is 4.79 Å². The maximum Gasteiger partial charge on any atom is 0.227 e. The molecule has 0 atom stereocenters. The largest absolute Gasteiger partial charge is 0.496 e. The molecular weight excluding hydrogens is 404 g/mol. The molecule has 3 aromatic rings. The van der Waals surface area contributed by atoms with E-state index in [1.54, 1.807) is 18.2 Å². The van der Waals surface area contributed by atoms with Crippen LogP contribution in [-0.4, -0.2) is 18.0 Å². The molecule has 0 aliphatic rings. The van der Waals surface area contributed by atoms with Gasteiger partial charge >= 0.3 is 0 Å². The van der Waals surface area contributed by atoms with Gasteiger partial charge in [0.25, 0.3) is 0 Å². The highest BCUT2D eigenvalue weighted by molar-refractivity contribution is 9.10. The summed E-state index contributed by atoms with van der Waals surface area (Å²) in [6.45, 7) is 0.438. The van der Waals surface area contributed by atoms with Crippen LogP contribution in [0.5, 0.6) is 5.75 Å². The van der Waals surface area contributed by atoms with Crippen LogP contribution in [0.2, 0.25) is 0 Å². The number of aryl methyl sites for hydroxylation is 1. The zero-order valence-electron chi connectivity index (χ0n) is 15.1. The fourth-order valence-corrected chi connectivity index (χ4v) is 3.15. The first-order chi connectivity index (χ1) is 13.2. The lowest BCUT2D eigenvalue weighted by Crippen LogP contribution is -2.31. The second-order valence-corrected chi connectivity index (χ2v) is 7.00. The normalized spacial score (nSPS) is 10.4. The average Bonchev–Trinajstić information content (AvgIpc) is 2.72. The Morgan fingerprint density at radius 2 is 1.78 bits per heavy atom. The standard InChI is InChI=1S/C22H21BrN2O2/c1-27-21-8-3-2-6-17(21)9-14-22(26)25(16-19-7-4-5-15-24-19)20-12-10-18(23)11-13-20/h2-8,10-13,15H,9,14,16H2,1H3. The van der Waals surface area contributed by atoms with Gasteiger partial charge in [-0.1, -0.05) is 40.2 Å². The van der Waals surface area contributed by atoms with Gasteiger partial charge in [0.2, 0.25) is 5.91 Å². The monoisotopic (exact) mass is 424 g/mol. The van der Waals surface area contributed by atoms with Crippen LogP contribution in [0, 0.1) is 0 Å². The zero-order chi connectivity index (χ0) is 19.1. The molecule has 5 heteroatoms. The molecular formula is C22H21BrN2O2. The van der Waals surface area contributed by atoms with Crippen molar-refractivity contribution in [3.63, 3.8) is 0 Å². The van der Waals surface area contributed by atoms with Crippen LogP contribution in [0.1, 0.15) is 17.7 Å². The summed E-state index contributed by atoms with van der Waals surface area (Å²) in [5.41, 5.74) is 2.74. The second kappa shape index (κ2) is 9.33. The van der Waals surface area contributed by atoms with Crippen molar-refractivity contribution in [1.29, 1.82) is 0 Å². The molecule has 27 heavy (non-hydrogen) atoms.